The molecule has 1 fully saturated rings. The van der Waals surface area contributed by atoms with E-state index in [0.717, 1.165) is 30.6 Å². The third-order valence-electron chi connectivity index (χ3n) is 3.73. The monoisotopic (exact) mass is 305 g/mol. The molecule has 1 aliphatic carbocycles. The molecule has 0 aliphatic heterocycles. The van der Waals surface area contributed by atoms with Crippen LogP contribution in [-0.2, 0) is 9.59 Å². The Balaban J connectivity index is 1.60. The number of rotatable bonds is 9. The predicted molar refractivity (Wildman–Crippen MR) is 82.8 cm³/mol. The molecule has 5 heteroatoms. The van der Waals surface area contributed by atoms with Gasteiger partial charge in [-0.25, -0.2) is 4.79 Å². The van der Waals surface area contributed by atoms with Gasteiger partial charge in [0.1, 0.15) is 11.8 Å². The molecule has 0 heterocycles. The van der Waals surface area contributed by atoms with E-state index in [4.69, 9.17) is 9.84 Å². The largest absolute Gasteiger partial charge is 0.494 e. The van der Waals surface area contributed by atoms with E-state index in [9.17, 15) is 9.59 Å². The number of aryl methyl sites for hydroxylation is 1. The Morgan fingerprint density at radius 1 is 1.36 bits per heavy atom. The molecule has 0 spiro atoms. The lowest BCUT2D eigenvalue weighted by Crippen LogP contribution is -2.42. The van der Waals surface area contributed by atoms with E-state index >= 15 is 0 Å². The first-order valence-electron chi connectivity index (χ1n) is 7.78. The van der Waals surface area contributed by atoms with Crippen LogP contribution in [0.4, 0.5) is 0 Å². The Hall–Kier alpha value is -2.04. The fourth-order valence-corrected chi connectivity index (χ4v) is 2.34. The number of carbonyl (C=O) groups is 2. The van der Waals surface area contributed by atoms with E-state index in [1.807, 2.05) is 31.2 Å². The summed E-state index contributed by atoms with van der Waals surface area (Å²) in [5, 5.41) is 11.7. The van der Waals surface area contributed by atoms with Crippen LogP contribution in [0.15, 0.2) is 24.3 Å². The number of carboxylic acid groups (broad SMARTS) is 1. The highest BCUT2D eigenvalue weighted by Gasteiger charge is 2.37. The molecule has 1 aliphatic rings. The summed E-state index contributed by atoms with van der Waals surface area (Å²) in [5.74, 6) is -0.163. The molecule has 120 valence electrons. The van der Waals surface area contributed by atoms with Crippen LogP contribution in [-0.4, -0.2) is 29.6 Å². The molecule has 1 atom stereocenters. The molecule has 1 aromatic carbocycles. The Morgan fingerprint density at radius 3 is 2.77 bits per heavy atom. The summed E-state index contributed by atoms with van der Waals surface area (Å²) in [6.07, 6.45) is 3.58. The third kappa shape index (κ3) is 5.39. The number of hydrogen-bond donors (Lipinski definition) is 2. The van der Waals surface area contributed by atoms with Crippen molar-refractivity contribution in [2.75, 3.05) is 6.61 Å². The minimum atomic E-state index is -0.932. The molecule has 5 nitrogen and oxygen atoms in total. The van der Waals surface area contributed by atoms with E-state index < -0.39 is 12.0 Å². The number of ether oxygens (including phenoxy) is 1. The van der Waals surface area contributed by atoms with Crippen molar-refractivity contribution in [1.29, 1.82) is 0 Å². The minimum absolute atomic E-state index is 0.117. The Morgan fingerprint density at radius 2 is 2.14 bits per heavy atom. The molecule has 2 rings (SSSR count). The van der Waals surface area contributed by atoms with Gasteiger partial charge in [-0.15, -0.1) is 0 Å². The fourth-order valence-electron chi connectivity index (χ4n) is 2.34. The lowest BCUT2D eigenvalue weighted by Gasteiger charge is -2.13. The van der Waals surface area contributed by atoms with E-state index in [2.05, 4.69) is 5.32 Å². The number of unbranched alkanes of at least 4 members (excludes halogenated alkanes) is 1. The van der Waals surface area contributed by atoms with Gasteiger partial charge in [-0.05, 0) is 56.2 Å². The summed E-state index contributed by atoms with van der Waals surface area (Å²) >= 11 is 0. The van der Waals surface area contributed by atoms with E-state index in [-0.39, 0.29) is 11.8 Å². The van der Waals surface area contributed by atoms with Gasteiger partial charge in [0.05, 0.1) is 6.61 Å². The van der Waals surface area contributed by atoms with Crippen LogP contribution in [0.1, 0.15) is 37.7 Å². The SMILES string of the molecule is Cc1cccc(OCCCCC(=O)NC(C(=O)O)C2CC2)c1. The predicted octanol–water partition coefficient (Wildman–Crippen LogP) is 2.52. The summed E-state index contributed by atoms with van der Waals surface area (Å²) in [5.41, 5.74) is 1.15. The summed E-state index contributed by atoms with van der Waals surface area (Å²) < 4.78 is 5.61. The molecule has 1 aromatic rings. The number of carbonyl (C=O) groups excluding carboxylic acids is 1. The molecule has 22 heavy (non-hydrogen) atoms. The van der Waals surface area contributed by atoms with Crippen LogP contribution in [0.25, 0.3) is 0 Å². The Kier molecular flexibility index (Phi) is 5.81. The fraction of sp³-hybridized carbons (Fsp3) is 0.529. The standard InChI is InChI=1S/C17H23NO4/c1-12-5-4-6-14(11-12)22-10-3-2-7-15(19)18-16(17(20)21)13-8-9-13/h4-6,11,13,16H,2-3,7-10H2,1H3,(H,18,19)(H,20,21). The van der Waals surface area contributed by atoms with Crippen molar-refractivity contribution >= 4 is 11.9 Å². The highest BCUT2D eigenvalue weighted by Crippen LogP contribution is 2.32. The maximum absolute atomic E-state index is 11.8. The minimum Gasteiger partial charge on any atom is -0.494 e. The average molecular weight is 305 g/mol. The highest BCUT2D eigenvalue weighted by atomic mass is 16.5. The lowest BCUT2D eigenvalue weighted by atomic mass is 10.1. The van der Waals surface area contributed by atoms with Crippen LogP contribution in [0, 0.1) is 12.8 Å². The van der Waals surface area contributed by atoms with E-state index in [1.54, 1.807) is 0 Å². The van der Waals surface area contributed by atoms with Gasteiger partial charge in [0, 0.05) is 6.42 Å². The normalized spacial score (nSPS) is 15.1. The first-order valence-corrected chi connectivity index (χ1v) is 7.78. The molecule has 0 aromatic heterocycles. The number of carboxylic acids is 1. The second-order valence-corrected chi connectivity index (χ2v) is 5.84. The number of nitrogens with one attached hydrogen (secondary N) is 1. The van der Waals surface area contributed by atoms with Gasteiger partial charge in [0.15, 0.2) is 0 Å². The van der Waals surface area contributed by atoms with Gasteiger partial charge < -0.3 is 15.2 Å². The molecule has 0 bridgehead atoms. The number of amides is 1. The summed E-state index contributed by atoms with van der Waals surface area (Å²) in [6, 6.07) is 7.13. The Bertz CT molecular complexity index is 525. The van der Waals surface area contributed by atoms with E-state index in [0.29, 0.717) is 19.4 Å². The van der Waals surface area contributed by atoms with Crippen LogP contribution < -0.4 is 10.1 Å². The quantitative estimate of drug-likeness (QED) is 0.687. The van der Waals surface area contributed by atoms with Crippen LogP contribution >= 0.6 is 0 Å². The van der Waals surface area contributed by atoms with Gasteiger partial charge in [-0.2, -0.15) is 0 Å². The van der Waals surface area contributed by atoms with Gasteiger partial charge in [-0.1, -0.05) is 12.1 Å². The van der Waals surface area contributed by atoms with Crippen LogP contribution in [0.3, 0.4) is 0 Å². The topological polar surface area (TPSA) is 75.6 Å². The van der Waals surface area contributed by atoms with Gasteiger partial charge in [-0.3, -0.25) is 4.79 Å². The number of benzene rings is 1. The first-order chi connectivity index (χ1) is 10.6. The summed E-state index contributed by atoms with van der Waals surface area (Å²) in [7, 11) is 0. The maximum Gasteiger partial charge on any atom is 0.326 e. The van der Waals surface area contributed by atoms with Gasteiger partial charge >= 0.3 is 5.97 Å². The lowest BCUT2D eigenvalue weighted by molar-refractivity contribution is -0.142. The second-order valence-electron chi connectivity index (χ2n) is 5.84. The third-order valence-corrected chi connectivity index (χ3v) is 3.73. The van der Waals surface area contributed by atoms with Crippen molar-refractivity contribution < 1.29 is 19.4 Å². The molecule has 1 saturated carbocycles. The molecule has 1 unspecified atom stereocenters. The molecular weight excluding hydrogens is 282 g/mol. The van der Waals surface area contributed by atoms with Gasteiger partial charge in [0.25, 0.3) is 0 Å². The van der Waals surface area contributed by atoms with Gasteiger partial charge in [0.2, 0.25) is 5.91 Å². The Labute approximate surface area is 130 Å². The second kappa shape index (κ2) is 7.82. The molecule has 0 radical (unpaired) electrons. The van der Waals surface area contributed by atoms with Crippen molar-refractivity contribution in [2.45, 2.75) is 45.1 Å². The number of hydrogen-bond acceptors (Lipinski definition) is 3. The zero-order valence-electron chi connectivity index (χ0n) is 12.9. The van der Waals surface area contributed by atoms with Crippen molar-refractivity contribution in [3.05, 3.63) is 29.8 Å². The average Bonchev–Trinajstić information content (AvgIpc) is 3.28. The van der Waals surface area contributed by atoms with Crippen molar-refractivity contribution in [1.82, 2.24) is 5.32 Å². The van der Waals surface area contributed by atoms with Crippen LogP contribution in [0.2, 0.25) is 0 Å². The summed E-state index contributed by atoms with van der Waals surface area (Å²) in [6.45, 7) is 2.57. The van der Waals surface area contributed by atoms with E-state index in [1.165, 1.54) is 0 Å². The number of aliphatic carboxylic acids is 1. The molecule has 0 saturated heterocycles. The zero-order chi connectivity index (χ0) is 15.9. The van der Waals surface area contributed by atoms with Crippen LogP contribution in [0.5, 0.6) is 5.75 Å². The van der Waals surface area contributed by atoms with Crippen molar-refractivity contribution in [3.8, 4) is 5.75 Å². The van der Waals surface area contributed by atoms with Crippen molar-refractivity contribution in [3.63, 3.8) is 0 Å². The summed E-state index contributed by atoms with van der Waals surface area (Å²) in [4.78, 5) is 22.8. The molecule has 2 N–H and O–H groups in total. The van der Waals surface area contributed by atoms with Crippen molar-refractivity contribution in [2.24, 2.45) is 5.92 Å². The first kappa shape index (κ1) is 16.3. The maximum atomic E-state index is 11.8. The highest BCUT2D eigenvalue weighted by molar-refractivity contribution is 5.83. The zero-order valence-corrected chi connectivity index (χ0v) is 12.9. The molecule has 1 amide bonds. The molecular formula is C17H23NO4. The smallest absolute Gasteiger partial charge is 0.326 e.